The number of ether oxygens (including phenoxy) is 1. The van der Waals surface area contributed by atoms with Crippen molar-refractivity contribution in [2.24, 2.45) is 0 Å². The van der Waals surface area contributed by atoms with Crippen molar-refractivity contribution in [2.45, 2.75) is 32.3 Å². The highest BCUT2D eigenvalue weighted by atomic mass is 16.5. The van der Waals surface area contributed by atoms with Gasteiger partial charge in [0.15, 0.2) is 0 Å². The van der Waals surface area contributed by atoms with E-state index in [0.717, 1.165) is 19.6 Å². The molecule has 1 saturated heterocycles. The fraction of sp³-hybridized carbons (Fsp3) is 0.889. The molecule has 0 aliphatic carbocycles. The number of rotatable bonds is 2. The number of hydrogen-bond acceptors (Lipinski definition) is 2. The van der Waals surface area contributed by atoms with E-state index in [1.165, 1.54) is 12.8 Å². The van der Waals surface area contributed by atoms with Crippen LogP contribution in [0, 0.1) is 5.41 Å². The van der Waals surface area contributed by atoms with Gasteiger partial charge in [-0.2, -0.15) is 0 Å². The maximum atomic E-state index is 7.39. The molecule has 0 radical (unpaired) electrons. The Morgan fingerprint density at radius 1 is 1.58 bits per heavy atom. The third-order valence-corrected chi connectivity index (χ3v) is 2.32. The number of hydrogen-bond donors (Lipinski definition) is 1. The summed E-state index contributed by atoms with van der Waals surface area (Å²) in [4.78, 5) is 1.94. The van der Waals surface area contributed by atoms with E-state index in [1.54, 1.807) is 0 Å². The average molecular weight is 170 g/mol. The molecule has 1 fully saturated rings. The van der Waals surface area contributed by atoms with Crippen molar-refractivity contribution in [2.75, 3.05) is 20.2 Å². The van der Waals surface area contributed by atoms with E-state index in [2.05, 4.69) is 0 Å². The monoisotopic (exact) mass is 170 g/mol. The summed E-state index contributed by atoms with van der Waals surface area (Å²) in [7, 11) is 1.94. The van der Waals surface area contributed by atoms with Gasteiger partial charge in [0, 0.05) is 20.2 Å². The second kappa shape index (κ2) is 4.45. The molecule has 0 bridgehead atoms. The third-order valence-electron chi connectivity index (χ3n) is 2.32. The molecule has 12 heavy (non-hydrogen) atoms. The normalized spacial score (nSPS) is 23.7. The first-order chi connectivity index (χ1) is 5.70. The zero-order valence-electron chi connectivity index (χ0n) is 7.97. The smallest absolute Gasteiger partial charge is 0.0924 e. The molecule has 1 aliphatic rings. The largest absolute Gasteiger partial charge is 0.376 e. The number of amidine groups is 1. The summed E-state index contributed by atoms with van der Waals surface area (Å²) in [6, 6.07) is 0. The molecular formula is C9H18N2O. The zero-order valence-corrected chi connectivity index (χ0v) is 7.97. The predicted molar refractivity (Wildman–Crippen MR) is 49.6 cm³/mol. The van der Waals surface area contributed by atoms with Crippen molar-refractivity contribution in [3.8, 4) is 0 Å². The van der Waals surface area contributed by atoms with Crippen molar-refractivity contribution in [3.63, 3.8) is 0 Å². The van der Waals surface area contributed by atoms with Gasteiger partial charge in [0.05, 0.1) is 11.9 Å². The molecule has 1 rings (SSSR count). The van der Waals surface area contributed by atoms with Crippen molar-refractivity contribution in [1.29, 1.82) is 5.41 Å². The third kappa shape index (κ3) is 2.81. The van der Waals surface area contributed by atoms with Gasteiger partial charge in [-0.15, -0.1) is 0 Å². The lowest BCUT2D eigenvalue weighted by Gasteiger charge is -2.27. The summed E-state index contributed by atoms with van der Waals surface area (Å²) < 4.78 is 5.56. The average Bonchev–Trinajstić information content (AvgIpc) is 2.06. The fourth-order valence-corrected chi connectivity index (χ4v) is 1.39. The summed E-state index contributed by atoms with van der Waals surface area (Å²) in [5, 5.41) is 7.39. The molecule has 3 nitrogen and oxygen atoms in total. The Hall–Kier alpha value is -0.570. The number of likely N-dealkylation sites (N-methyl/N-ethyl adjacent to an activating group) is 1. The summed E-state index contributed by atoms with van der Waals surface area (Å²) in [6.07, 6.45) is 3.97. The van der Waals surface area contributed by atoms with Crippen LogP contribution in [0.4, 0.5) is 0 Å². The van der Waals surface area contributed by atoms with Crippen LogP contribution in [0.15, 0.2) is 0 Å². The molecule has 1 N–H and O–H groups in total. The Bertz CT molecular complexity index is 153. The number of nitrogens with zero attached hydrogens (tertiary/aromatic N) is 1. The lowest BCUT2D eigenvalue weighted by molar-refractivity contribution is 0.00701. The van der Waals surface area contributed by atoms with Crippen LogP contribution < -0.4 is 0 Å². The molecule has 0 spiro atoms. The zero-order chi connectivity index (χ0) is 8.97. The lowest BCUT2D eigenvalue weighted by Crippen LogP contribution is -2.35. The molecule has 0 aromatic carbocycles. The van der Waals surface area contributed by atoms with E-state index in [-0.39, 0.29) is 0 Å². The molecule has 1 unspecified atom stereocenters. The van der Waals surface area contributed by atoms with Gasteiger partial charge in [0.2, 0.25) is 0 Å². The molecule has 0 aromatic heterocycles. The van der Waals surface area contributed by atoms with E-state index in [4.69, 9.17) is 10.1 Å². The van der Waals surface area contributed by atoms with Crippen LogP contribution in [0.1, 0.15) is 26.2 Å². The molecule has 1 atom stereocenters. The topological polar surface area (TPSA) is 36.3 Å². The Kier molecular flexibility index (Phi) is 3.53. The Balaban J connectivity index is 2.24. The standard InChI is InChI=1S/C9H18N2O/c1-8(10)11(2)7-9-5-3-4-6-12-9/h9-10H,3-7H2,1-2H3. The maximum Gasteiger partial charge on any atom is 0.0924 e. The Morgan fingerprint density at radius 3 is 2.83 bits per heavy atom. The fourth-order valence-electron chi connectivity index (χ4n) is 1.39. The van der Waals surface area contributed by atoms with Crippen LogP contribution in [0.25, 0.3) is 0 Å². The molecular weight excluding hydrogens is 152 g/mol. The van der Waals surface area contributed by atoms with Gasteiger partial charge < -0.3 is 9.64 Å². The van der Waals surface area contributed by atoms with Crippen LogP contribution in [-0.4, -0.2) is 37.0 Å². The van der Waals surface area contributed by atoms with Gasteiger partial charge >= 0.3 is 0 Å². The van der Waals surface area contributed by atoms with Crippen LogP contribution in [0.2, 0.25) is 0 Å². The van der Waals surface area contributed by atoms with E-state index >= 15 is 0 Å². The number of nitrogens with one attached hydrogen (secondary N) is 1. The van der Waals surface area contributed by atoms with Gasteiger partial charge in [-0.3, -0.25) is 5.41 Å². The highest BCUT2D eigenvalue weighted by Crippen LogP contribution is 2.13. The molecule has 0 saturated carbocycles. The van der Waals surface area contributed by atoms with Crippen molar-refractivity contribution < 1.29 is 4.74 Å². The summed E-state index contributed by atoms with van der Waals surface area (Å²) in [5.74, 6) is 0.615. The van der Waals surface area contributed by atoms with E-state index in [0.29, 0.717) is 11.9 Å². The first kappa shape index (κ1) is 9.52. The predicted octanol–water partition coefficient (Wildman–Crippen LogP) is 1.48. The van der Waals surface area contributed by atoms with Crippen molar-refractivity contribution in [3.05, 3.63) is 0 Å². The first-order valence-electron chi connectivity index (χ1n) is 4.58. The molecule has 1 heterocycles. The van der Waals surface area contributed by atoms with Gasteiger partial charge in [0.25, 0.3) is 0 Å². The SMILES string of the molecule is CC(=N)N(C)CC1CCCCO1. The van der Waals surface area contributed by atoms with E-state index < -0.39 is 0 Å². The van der Waals surface area contributed by atoms with Crippen LogP contribution in [0.5, 0.6) is 0 Å². The quantitative estimate of drug-likeness (QED) is 0.503. The lowest BCUT2D eigenvalue weighted by atomic mass is 10.1. The second-order valence-corrected chi connectivity index (χ2v) is 3.45. The van der Waals surface area contributed by atoms with Crippen molar-refractivity contribution in [1.82, 2.24) is 4.90 Å². The molecule has 70 valence electrons. The minimum atomic E-state index is 0.351. The van der Waals surface area contributed by atoms with Gasteiger partial charge in [-0.05, 0) is 26.2 Å². The van der Waals surface area contributed by atoms with Crippen LogP contribution >= 0.6 is 0 Å². The molecule has 0 aromatic rings. The van der Waals surface area contributed by atoms with Crippen LogP contribution in [-0.2, 0) is 4.74 Å². The summed E-state index contributed by atoms with van der Waals surface area (Å²) in [6.45, 7) is 3.58. The Labute approximate surface area is 74.2 Å². The van der Waals surface area contributed by atoms with E-state index in [1.807, 2.05) is 18.9 Å². The van der Waals surface area contributed by atoms with Gasteiger partial charge in [-0.25, -0.2) is 0 Å². The van der Waals surface area contributed by atoms with E-state index in [9.17, 15) is 0 Å². The summed E-state index contributed by atoms with van der Waals surface area (Å²) in [5.41, 5.74) is 0. The van der Waals surface area contributed by atoms with Crippen LogP contribution in [0.3, 0.4) is 0 Å². The second-order valence-electron chi connectivity index (χ2n) is 3.45. The molecule has 0 amide bonds. The van der Waals surface area contributed by atoms with Gasteiger partial charge in [-0.1, -0.05) is 0 Å². The minimum Gasteiger partial charge on any atom is -0.376 e. The Morgan fingerprint density at radius 2 is 2.33 bits per heavy atom. The van der Waals surface area contributed by atoms with Gasteiger partial charge in [0.1, 0.15) is 0 Å². The van der Waals surface area contributed by atoms with Crippen molar-refractivity contribution >= 4 is 5.84 Å². The highest BCUT2D eigenvalue weighted by molar-refractivity contribution is 5.75. The minimum absolute atomic E-state index is 0.351. The maximum absolute atomic E-state index is 7.39. The summed E-state index contributed by atoms with van der Waals surface area (Å²) >= 11 is 0. The highest BCUT2D eigenvalue weighted by Gasteiger charge is 2.15. The first-order valence-corrected chi connectivity index (χ1v) is 4.58. The molecule has 3 heteroatoms. The molecule has 1 aliphatic heterocycles.